The SMILES string of the molecule is O=C(N(CCCSc1ccccn1)Cc1ccccn1)C(F)(F)F. The van der Waals surface area contributed by atoms with Crippen LogP contribution >= 0.6 is 11.8 Å². The lowest BCUT2D eigenvalue weighted by Crippen LogP contribution is -2.41. The number of nitrogens with zero attached hydrogens (tertiary/aromatic N) is 3. The van der Waals surface area contributed by atoms with E-state index in [4.69, 9.17) is 0 Å². The van der Waals surface area contributed by atoms with Crippen LogP contribution in [0.15, 0.2) is 53.8 Å². The number of carbonyl (C=O) groups excluding carboxylic acids is 1. The third kappa shape index (κ3) is 5.84. The number of amides is 1. The number of hydrogen-bond acceptors (Lipinski definition) is 4. The molecule has 0 aliphatic carbocycles. The third-order valence-electron chi connectivity index (χ3n) is 3.07. The van der Waals surface area contributed by atoms with Crippen molar-refractivity contribution in [3.63, 3.8) is 0 Å². The predicted molar refractivity (Wildman–Crippen MR) is 85.3 cm³/mol. The van der Waals surface area contributed by atoms with Gasteiger partial charge in [-0.25, -0.2) is 4.98 Å². The molecule has 128 valence electrons. The van der Waals surface area contributed by atoms with Gasteiger partial charge in [-0.1, -0.05) is 12.1 Å². The van der Waals surface area contributed by atoms with Crippen molar-refractivity contribution in [1.29, 1.82) is 0 Å². The summed E-state index contributed by atoms with van der Waals surface area (Å²) in [5.41, 5.74) is 0.424. The molecule has 2 aromatic rings. The summed E-state index contributed by atoms with van der Waals surface area (Å²) in [6.07, 6.45) is -1.32. The molecule has 2 aromatic heterocycles. The number of pyridine rings is 2. The van der Waals surface area contributed by atoms with Crippen LogP contribution in [0, 0.1) is 0 Å². The van der Waals surface area contributed by atoms with Gasteiger partial charge in [-0.15, -0.1) is 11.8 Å². The molecule has 0 radical (unpaired) electrons. The van der Waals surface area contributed by atoms with Gasteiger partial charge in [-0.05, 0) is 30.7 Å². The molecule has 0 fully saturated rings. The van der Waals surface area contributed by atoms with Gasteiger partial charge >= 0.3 is 12.1 Å². The molecule has 2 heterocycles. The summed E-state index contributed by atoms with van der Waals surface area (Å²) in [6.45, 7) is -0.151. The van der Waals surface area contributed by atoms with Crippen molar-refractivity contribution in [2.75, 3.05) is 12.3 Å². The van der Waals surface area contributed by atoms with Crippen molar-refractivity contribution in [3.05, 3.63) is 54.5 Å². The van der Waals surface area contributed by atoms with Crippen molar-refractivity contribution < 1.29 is 18.0 Å². The normalized spacial score (nSPS) is 11.3. The molecular formula is C16H16F3N3OS. The number of halogens is 3. The van der Waals surface area contributed by atoms with E-state index in [1.807, 2.05) is 12.1 Å². The van der Waals surface area contributed by atoms with Crippen molar-refractivity contribution in [2.45, 2.75) is 24.2 Å². The number of rotatable bonds is 7. The minimum absolute atomic E-state index is 0.00868. The molecule has 1 amide bonds. The van der Waals surface area contributed by atoms with Gasteiger partial charge < -0.3 is 4.90 Å². The molecule has 0 aromatic carbocycles. The lowest BCUT2D eigenvalue weighted by molar-refractivity contribution is -0.186. The van der Waals surface area contributed by atoms with Crippen LogP contribution in [-0.4, -0.2) is 39.2 Å². The molecule has 0 saturated carbocycles. The molecular weight excluding hydrogens is 339 g/mol. The summed E-state index contributed by atoms with van der Waals surface area (Å²) >= 11 is 1.44. The number of aromatic nitrogens is 2. The van der Waals surface area contributed by atoms with E-state index in [1.165, 1.54) is 18.0 Å². The maximum atomic E-state index is 12.7. The molecule has 8 heteroatoms. The molecule has 2 rings (SSSR count). The van der Waals surface area contributed by atoms with Gasteiger partial charge in [0.2, 0.25) is 0 Å². The second-order valence-electron chi connectivity index (χ2n) is 4.92. The Hall–Kier alpha value is -2.09. The molecule has 0 unspecified atom stereocenters. The summed E-state index contributed by atoms with van der Waals surface area (Å²) in [5.74, 6) is -1.27. The standard InChI is InChI=1S/C16H16F3N3OS/c17-16(18,19)15(23)22(12-13-6-1-3-8-20-13)10-5-11-24-14-7-2-4-9-21-14/h1-4,6-9H,5,10-12H2. The van der Waals surface area contributed by atoms with Gasteiger partial charge in [0, 0.05) is 24.7 Å². The van der Waals surface area contributed by atoms with Crippen LogP contribution in [0.25, 0.3) is 0 Å². The molecule has 4 nitrogen and oxygen atoms in total. The molecule has 0 saturated heterocycles. The topological polar surface area (TPSA) is 46.1 Å². The maximum Gasteiger partial charge on any atom is 0.471 e. The first-order valence-corrected chi connectivity index (χ1v) is 8.25. The minimum Gasteiger partial charge on any atom is -0.329 e. The summed E-state index contributed by atoms with van der Waals surface area (Å²) in [6, 6.07) is 10.4. The quantitative estimate of drug-likeness (QED) is 0.563. The van der Waals surface area contributed by atoms with E-state index in [2.05, 4.69) is 9.97 Å². The highest BCUT2D eigenvalue weighted by atomic mass is 32.2. The van der Waals surface area contributed by atoms with Crippen molar-refractivity contribution >= 4 is 17.7 Å². The molecule has 0 atom stereocenters. The second kappa shape index (κ2) is 8.68. The van der Waals surface area contributed by atoms with E-state index in [0.717, 1.165) is 9.93 Å². The Morgan fingerprint density at radius 3 is 2.38 bits per heavy atom. The molecule has 0 spiro atoms. The number of alkyl halides is 3. The van der Waals surface area contributed by atoms with E-state index < -0.39 is 12.1 Å². The Morgan fingerprint density at radius 1 is 1.08 bits per heavy atom. The first-order valence-electron chi connectivity index (χ1n) is 7.26. The van der Waals surface area contributed by atoms with Crippen LogP contribution in [0.3, 0.4) is 0 Å². The third-order valence-corrected chi connectivity index (χ3v) is 4.10. The van der Waals surface area contributed by atoms with Gasteiger partial charge in [0.05, 0.1) is 17.3 Å². The summed E-state index contributed by atoms with van der Waals surface area (Å²) in [4.78, 5) is 20.5. The lowest BCUT2D eigenvalue weighted by Gasteiger charge is -2.23. The van der Waals surface area contributed by atoms with Gasteiger partial charge in [-0.2, -0.15) is 13.2 Å². The maximum absolute atomic E-state index is 12.7. The fraction of sp³-hybridized carbons (Fsp3) is 0.312. The Morgan fingerprint density at radius 2 is 1.79 bits per heavy atom. The van der Waals surface area contributed by atoms with E-state index in [-0.39, 0.29) is 13.1 Å². The zero-order chi connectivity index (χ0) is 17.4. The summed E-state index contributed by atoms with van der Waals surface area (Å²) in [5, 5.41) is 0.802. The Labute approximate surface area is 142 Å². The highest BCUT2D eigenvalue weighted by Crippen LogP contribution is 2.21. The molecule has 0 aliphatic heterocycles. The predicted octanol–water partition coefficient (Wildman–Crippen LogP) is 3.55. The smallest absolute Gasteiger partial charge is 0.329 e. The molecule has 24 heavy (non-hydrogen) atoms. The molecule has 0 bridgehead atoms. The van der Waals surface area contributed by atoms with Crippen LogP contribution in [0.4, 0.5) is 13.2 Å². The van der Waals surface area contributed by atoms with Crippen LogP contribution in [-0.2, 0) is 11.3 Å². The van der Waals surface area contributed by atoms with E-state index in [1.54, 1.807) is 30.5 Å². The van der Waals surface area contributed by atoms with Crippen LogP contribution in [0.1, 0.15) is 12.1 Å². The van der Waals surface area contributed by atoms with Crippen molar-refractivity contribution in [3.8, 4) is 0 Å². The first-order chi connectivity index (χ1) is 11.5. The van der Waals surface area contributed by atoms with E-state index >= 15 is 0 Å². The van der Waals surface area contributed by atoms with E-state index in [9.17, 15) is 18.0 Å². The highest BCUT2D eigenvalue weighted by molar-refractivity contribution is 7.99. The largest absolute Gasteiger partial charge is 0.471 e. The zero-order valence-corrected chi connectivity index (χ0v) is 13.6. The summed E-state index contributed by atoms with van der Waals surface area (Å²) < 4.78 is 38.2. The fourth-order valence-corrected chi connectivity index (χ4v) is 2.78. The molecule has 0 aliphatic rings. The van der Waals surface area contributed by atoms with Gasteiger partial charge in [0.15, 0.2) is 0 Å². The average molecular weight is 355 g/mol. The van der Waals surface area contributed by atoms with Gasteiger partial charge in [0.25, 0.3) is 0 Å². The first kappa shape index (κ1) is 18.3. The Bertz CT molecular complexity index is 638. The lowest BCUT2D eigenvalue weighted by atomic mass is 10.3. The monoisotopic (exact) mass is 355 g/mol. The fourth-order valence-electron chi connectivity index (χ4n) is 1.98. The number of carbonyl (C=O) groups is 1. The minimum atomic E-state index is -4.89. The number of hydrogen-bond donors (Lipinski definition) is 0. The Balaban J connectivity index is 1.91. The van der Waals surface area contributed by atoms with Crippen LogP contribution in [0.5, 0.6) is 0 Å². The van der Waals surface area contributed by atoms with Crippen LogP contribution < -0.4 is 0 Å². The summed E-state index contributed by atoms with van der Waals surface area (Å²) in [7, 11) is 0. The zero-order valence-electron chi connectivity index (χ0n) is 12.7. The number of thioether (sulfide) groups is 1. The van der Waals surface area contributed by atoms with Gasteiger partial charge in [0.1, 0.15) is 0 Å². The van der Waals surface area contributed by atoms with Gasteiger partial charge in [-0.3, -0.25) is 9.78 Å². The van der Waals surface area contributed by atoms with Crippen molar-refractivity contribution in [2.24, 2.45) is 0 Å². The Kier molecular flexibility index (Phi) is 6.60. The molecule has 0 N–H and O–H groups in total. The second-order valence-corrected chi connectivity index (χ2v) is 6.03. The van der Waals surface area contributed by atoms with Crippen LogP contribution in [0.2, 0.25) is 0 Å². The van der Waals surface area contributed by atoms with E-state index in [0.29, 0.717) is 17.9 Å². The highest BCUT2D eigenvalue weighted by Gasteiger charge is 2.42. The van der Waals surface area contributed by atoms with Crippen molar-refractivity contribution in [1.82, 2.24) is 14.9 Å². The average Bonchev–Trinajstić information content (AvgIpc) is 2.58.